The van der Waals surface area contributed by atoms with E-state index in [1.165, 1.54) is 5.56 Å². The number of nitrogens with zero attached hydrogens (tertiary/aromatic N) is 3. The van der Waals surface area contributed by atoms with E-state index in [0.29, 0.717) is 11.9 Å². The van der Waals surface area contributed by atoms with Gasteiger partial charge in [-0.05, 0) is 48.9 Å². The van der Waals surface area contributed by atoms with Crippen molar-refractivity contribution in [3.05, 3.63) is 52.8 Å². The van der Waals surface area contributed by atoms with Crippen LogP contribution >= 0.6 is 0 Å². The van der Waals surface area contributed by atoms with Crippen LogP contribution in [-0.2, 0) is 12.8 Å². The number of anilines is 1. The number of hydrogen-bond donors (Lipinski definition) is 1. The largest absolute Gasteiger partial charge is 0.245 e. The van der Waals surface area contributed by atoms with Gasteiger partial charge < -0.3 is 0 Å². The predicted molar refractivity (Wildman–Crippen MR) is 106 cm³/mol. The maximum atomic E-state index is 4.59. The molecule has 1 N–H and O–H groups in total. The molecule has 0 saturated carbocycles. The van der Waals surface area contributed by atoms with E-state index in [9.17, 15) is 0 Å². The summed E-state index contributed by atoms with van der Waals surface area (Å²) in [6.45, 7) is 10.7. The summed E-state index contributed by atoms with van der Waals surface area (Å²) in [4.78, 5) is 9.18. The predicted octanol–water partition coefficient (Wildman–Crippen LogP) is 5.34. The summed E-state index contributed by atoms with van der Waals surface area (Å²) in [5, 5.41) is 4.51. The number of nitrogens with one attached hydrogen (secondary N) is 1. The van der Waals surface area contributed by atoms with Gasteiger partial charge in [-0.2, -0.15) is 5.10 Å². The Bertz CT molecular complexity index is 695. The lowest BCUT2D eigenvalue weighted by molar-refractivity contribution is 0.830. The van der Waals surface area contributed by atoms with Crippen LogP contribution in [0.15, 0.2) is 35.4 Å². The van der Waals surface area contributed by atoms with Crippen molar-refractivity contribution in [1.29, 1.82) is 0 Å². The third kappa shape index (κ3) is 5.66. The normalized spacial score (nSPS) is 11.8. The summed E-state index contributed by atoms with van der Waals surface area (Å²) in [7, 11) is 0. The minimum Gasteiger partial charge on any atom is -0.245 e. The molecule has 0 aliphatic heterocycles. The van der Waals surface area contributed by atoms with Gasteiger partial charge in [0.05, 0.1) is 5.71 Å². The van der Waals surface area contributed by atoms with E-state index in [1.807, 2.05) is 6.92 Å². The minimum absolute atomic E-state index is 0.506. The highest BCUT2D eigenvalue weighted by molar-refractivity contribution is 5.99. The average molecular weight is 338 g/mol. The van der Waals surface area contributed by atoms with Crippen molar-refractivity contribution in [3.8, 4) is 0 Å². The molecule has 2 rings (SSSR count). The molecule has 0 saturated heterocycles. The van der Waals surface area contributed by atoms with Crippen molar-refractivity contribution in [3.63, 3.8) is 0 Å². The Kier molecular flexibility index (Phi) is 7.11. The molecular weight excluding hydrogens is 308 g/mol. The first-order valence-electron chi connectivity index (χ1n) is 9.31. The number of benzene rings is 1. The third-order valence-electron chi connectivity index (χ3n) is 4.14. The molecule has 1 aromatic carbocycles. The zero-order valence-corrected chi connectivity index (χ0v) is 16.1. The maximum absolute atomic E-state index is 4.59. The lowest BCUT2D eigenvalue weighted by Gasteiger charge is -2.09. The van der Waals surface area contributed by atoms with Gasteiger partial charge >= 0.3 is 0 Å². The molecule has 0 bridgehead atoms. The summed E-state index contributed by atoms with van der Waals surface area (Å²) in [6.07, 6.45) is 4.08. The van der Waals surface area contributed by atoms with Crippen molar-refractivity contribution in [2.24, 2.45) is 5.10 Å². The fourth-order valence-electron chi connectivity index (χ4n) is 2.69. The summed E-state index contributed by atoms with van der Waals surface area (Å²) >= 11 is 0. The van der Waals surface area contributed by atoms with Crippen LogP contribution in [0, 0.1) is 0 Å². The van der Waals surface area contributed by atoms with E-state index in [4.69, 9.17) is 0 Å². The van der Waals surface area contributed by atoms with E-state index < -0.39 is 0 Å². The Hall–Kier alpha value is -2.23. The zero-order chi connectivity index (χ0) is 18.2. The molecule has 0 amide bonds. The number of hydrogen-bond acceptors (Lipinski definition) is 4. The molecule has 0 aliphatic carbocycles. The van der Waals surface area contributed by atoms with Gasteiger partial charge in [0.25, 0.3) is 0 Å². The van der Waals surface area contributed by atoms with Gasteiger partial charge in [-0.3, -0.25) is 0 Å². The van der Waals surface area contributed by atoms with Crippen LogP contribution in [0.25, 0.3) is 0 Å². The molecule has 0 fully saturated rings. The van der Waals surface area contributed by atoms with E-state index in [2.05, 4.69) is 78.5 Å². The average Bonchev–Trinajstić information content (AvgIpc) is 2.60. The molecular formula is C21H30N4. The molecule has 1 heterocycles. The monoisotopic (exact) mass is 338 g/mol. The summed E-state index contributed by atoms with van der Waals surface area (Å²) in [5.41, 5.74) is 8.59. The molecule has 25 heavy (non-hydrogen) atoms. The van der Waals surface area contributed by atoms with Gasteiger partial charge in [0, 0.05) is 11.4 Å². The number of aromatic nitrogens is 2. The maximum Gasteiger partial charge on any atom is 0.243 e. The molecule has 1 aromatic heterocycles. The van der Waals surface area contributed by atoms with E-state index in [1.54, 1.807) is 0 Å². The van der Waals surface area contributed by atoms with Crippen molar-refractivity contribution in [2.75, 3.05) is 5.43 Å². The van der Waals surface area contributed by atoms with E-state index in [0.717, 1.165) is 48.3 Å². The van der Waals surface area contributed by atoms with Gasteiger partial charge in [-0.1, -0.05) is 58.7 Å². The molecule has 4 heteroatoms. The number of rotatable bonds is 8. The fourth-order valence-corrected chi connectivity index (χ4v) is 2.69. The topological polar surface area (TPSA) is 50.2 Å². The first-order chi connectivity index (χ1) is 12.0. The molecule has 0 radical (unpaired) electrons. The molecule has 134 valence electrons. The number of hydrazone groups is 1. The summed E-state index contributed by atoms with van der Waals surface area (Å²) < 4.78 is 0. The lowest BCUT2D eigenvalue weighted by Crippen LogP contribution is -2.06. The van der Waals surface area contributed by atoms with Gasteiger partial charge in [0.2, 0.25) is 5.95 Å². The Labute approximate surface area is 151 Å². The van der Waals surface area contributed by atoms with Gasteiger partial charge in [0.15, 0.2) is 0 Å². The fraction of sp³-hybridized carbons (Fsp3) is 0.476. The quantitative estimate of drug-likeness (QED) is 0.522. The lowest BCUT2D eigenvalue weighted by atomic mass is 9.99. The molecule has 0 spiro atoms. The zero-order valence-electron chi connectivity index (χ0n) is 16.1. The van der Waals surface area contributed by atoms with Crippen LogP contribution in [0.4, 0.5) is 5.95 Å². The first kappa shape index (κ1) is 19.1. The van der Waals surface area contributed by atoms with Crippen molar-refractivity contribution in [1.82, 2.24) is 9.97 Å². The van der Waals surface area contributed by atoms with Crippen molar-refractivity contribution < 1.29 is 0 Å². The van der Waals surface area contributed by atoms with Crippen molar-refractivity contribution in [2.45, 2.75) is 66.2 Å². The van der Waals surface area contributed by atoms with Crippen LogP contribution in [0.3, 0.4) is 0 Å². The Balaban J connectivity index is 2.20. The molecule has 0 atom stereocenters. The van der Waals surface area contributed by atoms with Crippen LogP contribution in [0.5, 0.6) is 0 Å². The molecule has 0 unspecified atom stereocenters. The second-order valence-corrected chi connectivity index (χ2v) is 6.76. The van der Waals surface area contributed by atoms with Gasteiger partial charge in [-0.25, -0.2) is 15.4 Å². The van der Waals surface area contributed by atoms with Crippen molar-refractivity contribution >= 4 is 11.7 Å². The van der Waals surface area contributed by atoms with Crippen LogP contribution in [0.1, 0.15) is 75.9 Å². The van der Waals surface area contributed by atoms with Crippen LogP contribution < -0.4 is 5.43 Å². The SMILES string of the molecule is CCCc1cc(CCC)nc(NN=C(C)c2cccc(C(C)C)c2)n1. The Morgan fingerprint density at radius 1 is 1.04 bits per heavy atom. The molecule has 4 nitrogen and oxygen atoms in total. The number of aryl methyl sites for hydroxylation is 2. The second kappa shape index (κ2) is 9.30. The minimum atomic E-state index is 0.506. The molecule has 0 aliphatic rings. The first-order valence-corrected chi connectivity index (χ1v) is 9.31. The Morgan fingerprint density at radius 2 is 1.68 bits per heavy atom. The molecule has 2 aromatic rings. The highest BCUT2D eigenvalue weighted by atomic mass is 15.4. The van der Waals surface area contributed by atoms with E-state index >= 15 is 0 Å². The van der Waals surface area contributed by atoms with Gasteiger partial charge in [0.1, 0.15) is 0 Å². The Morgan fingerprint density at radius 3 is 2.24 bits per heavy atom. The highest BCUT2D eigenvalue weighted by Crippen LogP contribution is 2.16. The standard InChI is InChI=1S/C21H30N4/c1-6-9-19-14-20(10-7-2)23-21(22-19)25-24-16(5)18-12-8-11-17(13-18)15(3)4/h8,11-15H,6-7,9-10H2,1-5H3,(H,22,23,25). The highest BCUT2D eigenvalue weighted by Gasteiger charge is 2.05. The summed E-state index contributed by atoms with van der Waals surface area (Å²) in [6, 6.07) is 10.6. The van der Waals surface area contributed by atoms with Gasteiger partial charge in [-0.15, -0.1) is 0 Å². The second-order valence-electron chi connectivity index (χ2n) is 6.76. The smallest absolute Gasteiger partial charge is 0.243 e. The van der Waals surface area contributed by atoms with Crippen LogP contribution in [0.2, 0.25) is 0 Å². The summed E-state index contributed by atoms with van der Waals surface area (Å²) in [5.74, 6) is 1.10. The van der Waals surface area contributed by atoms with Crippen LogP contribution in [-0.4, -0.2) is 15.7 Å². The third-order valence-corrected chi connectivity index (χ3v) is 4.14. The van der Waals surface area contributed by atoms with E-state index in [-0.39, 0.29) is 0 Å².